The van der Waals surface area contributed by atoms with Crippen molar-refractivity contribution in [2.45, 2.75) is 6.42 Å². The van der Waals surface area contributed by atoms with Crippen LogP contribution in [0.4, 0.5) is 15.8 Å². The predicted octanol–water partition coefficient (Wildman–Crippen LogP) is 4.06. The van der Waals surface area contributed by atoms with Crippen molar-refractivity contribution in [2.75, 3.05) is 19.0 Å². The number of nitro benzene ring substituents is 1. The van der Waals surface area contributed by atoms with Crippen molar-refractivity contribution in [2.24, 2.45) is 5.10 Å². The largest absolute Gasteiger partial charge is 0.493 e. The molecule has 0 aliphatic heterocycles. The lowest BCUT2D eigenvalue weighted by molar-refractivity contribution is -0.385. The van der Waals surface area contributed by atoms with Gasteiger partial charge in [-0.25, -0.2) is 9.82 Å². The molecule has 0 saturated heterocycles. The third-order valence-electron chi connectivity index (χ3n) is 4.67. The molecule has 2 N–H and O–H groups in total. The molecule has 12 heteroatoms. The van der Waals surface area contributed by atoms with Crippen LogP contribution in [0.5, 0.6) is 11.5 Å². The molecule has 0 aromatic heterocycles. The number of hydrogen-bond acceptors (Lipinski definition) is 7. The molecule has 2 amide bonds. The molecule has 3 aromatic rings. The minimum absolute atomic E-state index is 0.141. The Hall–Kier alpha value is -4.07. The first-order valence-corrected chi connectivity index (χ1v) is 11.4. The van der Waals surface area contributed by atoms with E-state index in [-0.39, 0.29) is 24.3 Å². The number of nitro groups is 1. The van der Waals surface area contributed by atoms with Gasteiger partial charge in [0.2, 0.25) is 5.91 Å². The fourth-order valence-electron chi connectivity index (χ4n) is 3.05. The summed E-state index contributed by atoms with van der Waals surface area (Å²) in [6, 6.07) is 14.6. The number of amides is 2. The van der Waals surface area contributed by atoms with Crippen molar-refractivity contribution in [3.8, 4) is 11.5 Å². The SMILES string of the molecule is COc1cc(/C=N/NC(=O)Cc2ccccc2[N+](=O)[O-])cc(I)c1OCC(=O)Nc1ccc(F)cc1. The van der Waals surface area contributed by atoms with Gasteiger partial charge in [-0.1, -0.05) is 18.2 Å². The van der Waals surface area contributed by atoms with Crippen LogP contribution in [0.15, 0.2) is 65.8 Å². The molecular formula is C24H20FIN4O6. The van der Waals surface area contributed by atoms with Gasteiger partial charge in [-0.05, 0) is 64.6 Å². The van der Waals surface area contributed by atoms with E-state index in [0.717, 1.165) is 0 Å². The molecule has 36 heavy (non-hydrogen) atoms. The van der Waals surface area contributed by atoms with Crippen molar-refractivity contribution in [3.05, 3.63) is 91.3 Å². The Labute approximate surface area is 218 Å². The topological polar surface area (TPSA) is 132 Å². The summed E-state index contributed by atoms with van der Waals surface area (Å²) in [5, 5.41) is 17.6. The zero-order valence-electron chi connectivity index (χ0n) is 18.9. The molecule has 0 unspecified atom stereocenters. The van der Waals surface area contributed by atoms with Crippen LogP contribution in [-0.4, -0.2) is 36.7 Å². The molecule has 0 heterocycles. The summed E-state index contributed by atoms with van der Waals surface area (Å²) in [5.74, 6) is -0.693. The van der Waals surface area contributed by atoms with Gasteiger partial charge in [0.05, 0.1) is 28.2 Å². The van der Waals surface area contributed by atoms with E-state index in [9.17, 15) is 24.1 Å². The van der Waals surface area contributed by atoms with Gasteiger partial charge in [-0.3, -0.25) is 19.7 Å². The monoisotopic (exact) mass is 606 g/mol. The fourth-order valence-corrected chi connectivity index (χ4v) is 3.83. The number of carbonyl (C=O) groups excluding carboxylic acids is 2. The quantitative estimate of drug-likeness (QED) is 0.155. The van der Waals surface area contributed by atoms with Crippen molar-refractivity contribution in [1.82, 2.24) is 5.43 Å². The summed E-state index contributed by atoms with van der Waals surface area (Å²) in [7, 11) is 1.44. The first-order valence-electron chi connectivity index (χ1n) is 10.4. The van der Waals surface area contributed by atoms with Gasteiger partial charge >= 0.3 is 0 Å². The van der Waals surface area contributed by atoms with Crippen LogP contribution >= 0.6 is 22.6 Å². The Balaban J connectivity index is 1.60. The molecule has 0 aliphatic carbocycles. The summed E-state index contributed by atoms with van der Waals surface area (Å²) in [6.45, 7) is -0.307. The number of carbonyl (C=O) groups is 2. The first-order chi connectivity index (χ1) is 17.3. The number of nitrogens with zero attached hydrogens (tertiary/aromatic N) is 2. The maximum Gasteiger partial charge on any atom is 0.273 e. The van der Waals surface area contributed by atoms with E-state index in [0.29, 0.717) is 26.3 Å². The number of benzene rings is 3. The lowest BCUT2D eigenvalue weighted by atomic mass is 10.1. The van der Waals surface area contributed by atoms with Crippen molar-refractivity contribution in [3.63, 3.8) is 0 Å². The highest BCUT2D eigenvalue weighted by Gasteiger charge is 2.16. The van der Waals surface area contributed by atoms with E-state index < -0.39 is 22.6 Å². The standard InChI is InChI=1S/C24H20FIN4O6/c1-35-21-11-15(13-27-29-22(31)12-16-4-2-3-5-20(16)30(33)34)10-19(26)24(21)36-14-23(32)28-18-8-6-17(25)7-9-18/h2-11,13H,12,14H2,1H3,(H,28,32)(H,29,31)/b27-13+. The second-order valence-corrected chi connectivity index (χ2v) is 8.40. The van der Waals surface area contributed by atoms with E-state index in [1.54, 1.807) is 18.2 Å². The van der Waals surface area contributed by atoms with Crippen LogP contribution in [0.25, 0.3) is 0 Å². The Morgan fingerprint density at radius 1 is 1.14 bits per heavy atom. The Morgan fingerprint density at radius 2 is 1.86 bits per heavy atom. The number of hydrazone groups is 1. The molecule has 0 bridgehead atoms. The summed E-state index contributed by atoms with van der Waals surface area (Å²) < 4.78 is 24.6. The minimum Gasteiger partial charge on any atom is -0.493 e. The normalized spacial score (nSPS) is 10.6. The van der Waals surface area contributed by atoms with Crippen LogP contribution in [0.1, 0.15) is 11.1 Å². The maximum atomic E-state index is 13.0. The van der Waals surface area contributed by atoms with E-state index in [1.807, 2.05) is 22.6 Å². The second-order valence-electron chi connectivity index (χ2n) is 7.23. The number of halogens is 2. The maximum absolute atomic E-state index is 13.0. The van der Waals surface area contributed by atoms with Crippen LogP contribution < -0.4 is 20.2 Å². The molecule has 0 fully saturated rings. The van der Waals surface area contributed by atoms with E-state index in [2.05, 4.69) is 15.8 Å². The highest BCUT2D eigenvalue weighted by Crippen LogP contribution is 2.33. The molecule has 0 atom stereocenters. The van der Waals surface area contributed by atoms with Gasteiger partial charge in [0.15, 0.2) is 18.1 Å². The fraction of sp³-hybridized carbons (Fsp3) is 0.125. The van der Waals surface area contributed by atoms with Gasteiger partial charge in [0.25, 0.3) is 11.6 Å². The average molecular weight is 606 g/mol. The number of ether oxygens (including phenoxy) is 2. The summed E-state index contributed by atoms with van der Waals surface area (Å²) >= 11 is 2.01. The highest BCUT2D eigenvalue weighted by atomic mass is 127. The molecule has 0 saturated carbocycles. The number of methoxy groups -OCH3 is 1. The highest BCUT2D eigenvalue weighted by molar-refractivity contribution is 14.1. The third kappa shape index (κ3) is 7.46. The van der Waals surface area contributed by atoms with Crippen LogP contribution in [-0.2, 0) is 16.0 Å². The molecule has 10 nitrogen and oxygen atoms in total. The molecule has 0 spiro atoms. The summed E-state index contributed by atoms with van der Waals surface area (Å²) in [4.78, 5) is 34.9. The summed E-state index contributed by atoms with van der Waals surface area (Å²) in [5.41, 5.74) is 3.48. The van der Waals surface area contributed by atoms with Crippen LogP contribution in [0.2, 0.25) is 0 Å². The third-order valence-corrected chi connectivity index (χ3v) is 5.47. The summed E-state index contributed by atoms with van der Waals surface area (Å²) in [6.07, 6.45) is 1.18. The molecule has 3 rings (SSSR count). The van der Waals surface area contributed by atoms with Crippen molar-refractivity contribution < 1.29 is 28.4 Å². The molecule has 186 valence electrons. The molecule has 0 radical (unpaired) electrons. The van der Waals surface area contributed by atoms with Crippen LogP contribution in [0.3, 0.4) is 0 Å². The minimum atomic E-state index is -0.545. The lowest BCUT2D eigenvalue weighted by Crippen LogP contribution is -2.21. The Bertz CT molecular complexity index is 1300. The van der Waals surface area contributed by atoms with Crippen LogP contribution in [0, 0.1) is 19.5 Å². The zero-order valence-corrected chi connectivity index (χ0v) is 21.0. The first kappa shape index (κ1) is 26.5. The van der Waals surface area contributed by atoms with Gasteiger partial charge in [0, 0.05) is 17.3 Å². The van der Waals surface area contributed by atoms with Gasteiger partial charge in [-0.15, -0.1) is 0 Å². The van der Waals surface area contributed by atoms with E-state index >= 15 is 0 Å². The number of hydrogen-bond donors (Lipinski definition) is 2. The van der Waals surface area contributed by atoms with Gasteiger partial charge in [0.1, 0.15) is 5.82 Å². The second kappa shape index (κ2) is 12.6. The van der Waals surface area contributed by atoms with Gasteiger partial charge in [-0.2, -0.15) is 5.10 Å². The van der Waals surface area contributed by atoms with E-state index in [4.69, 9.17) is 9.47 Å². The smallest absolute Gasteiger partial charge is 0.273 e. The molecule has 0 aliphatic rings. The van der Waals surface area contributed by atoms with E-state index in [1.165, 1.54) is 55.8 Å². The van der Waals surface area contributed by atoms with Gasteiger partial charge < -0.3 is 14.8 Å². The number of nitrogens with one attached hydrogen (secondary N) is 2. The number of para-hydroxylation sites is 1. The number of anilines is 1. The Morgan fingerprint density at radius 3 is 2.56 bits per heavy atom. The molecular weight excluding hydrogens is 586 g/mol. The van der Waals surface area contributed by atoms with Crippen molar-refractivity contribution >= 4 is 52.0 Å². The Kier molecular flexibility index (Phi) is 9.27. The van der Waals surface area contributed by atoms with Crippen molar-refractivity contribution in [1.29, 1.82) is 0 Å². The lowest BCUT2D eigenvalue weighted by Gasteiger charge is -2.13. The zero-order chi connectivity index (χ0) is 26.1. The number of rotatable bonds is 10. The predicted molar refractivity (Wildman–Crippen MR) is 139 cm³/mol. The molecule has 3 aromatic carbocycles. The average Bonchev–Trinajstić information content (AvgIpc) is 2.84.